The highest BCUT2D eigenvalue weighted by molar-refractivity contribution is 4.62. The number of ether oxygens (including phenoxy) is 2. The summed E-state index contributed by atoms with van der Waals surface area (Å²) < 4.78 is 10.9. The van der Waals surface area contributed by atoms with Crippen LogP contribution in [0.15, 0.2) is 0 Å². The van der Waals surface area contributed by atoms with Gasteiger partial charge >= 0.3 is 0 Å². The lowest BCUT2D eigenvalue weighted by molar-refractivity contribution is -0.203. The molecule has 1 aliphatic rings. The van der Waals surface area contributed by atoms with Crippen LogP contribution in [0.4, 0.5) is 0 Å². The van der Waals surface area contributed by atoms with E-state index in [0.717, 1.165) is 13.0 Å². The molecule has 0 unspecified atom stereocenters. The molecule has 2 nitrogen and oxygen atoms in total. The molecule has 0 saturated carbocycles. The summed E-state index contributed by atoms with van der Waals surface area (Å²) in [5.74, 6) is 0. The van der Waals surface area contributed by atoms with Gasteiger partial charge in [-0.1, -0.05) is 26.2 Å². The Balaban J connectivity index is 2.06. The first-order valence-electron chi connectivity index (χ1n) is 5.10. The second kappa shape index (κ2) is 5.55. The molecule has 1 saturated heterocycles. The molecule has 0 amide bonds. The predicted octanol–water partition coefficient (Wildman–Crippen LogP) is 2.72. The second-order valence-electron chi connectivity index (χ2n) is 3.48. The van der Waals surface area contributed by atoms with Gasteiger partial charge in [-0.2, -0.15) is 0 Å². The van der Waals surface area contributed by atoms with Crippen LogP contribution in [0.5, 0.6) is 0 Å². The summed E-state index contributed by atoms with van der Waals surface area (Å²) in [4.78, 5) is 0. The summed E-state index contributed by atoms with van der Waals surface area (Å²) in [6.45, 7) is 5.08. The van der Waals surface area contributed by atoms with E-state index in [1.54, 1.807) is 0 Å². The minimum atomic E-state index is 0.0189. The van der Waals surface area contributed by atoms with Crippen molar-refractivity contribution < 1.29 is 9.47 Å². The standard InChI is InChI=1S/C10H20O2/c1-3-4-5-6-10-7-8-11-9(2)12-10/h9-10H,3-8H2,1-2H3/t9-,10+/m1/s1. The maximum absolute atomic E-state index is 5.61. The van der Waals surface area contributed by atoms with Crippen molar-refractivity contribution in [2.45, 2.75) is 58.3 Å². The van der Waals surface area contributed by atoms with Crippen molar-refractivity contribution in [2.75, 3.05) is 6.61 Å². The van der Waals surface area contributed by atoms with Gasteiger partial charge in [0, 0.05) is 0 Å². The molecule has 0 spiro atoms. The molecule has 0 aromatic heterocycles. The SMILES string of the molecule is CCCCC[C@H]1CCO[C@@H](C)O1. The number of unbranched alkanes of at least 4 members (excludes halogenated alkanes) is 2. The largest absolute Gasteiger partial charge is 0.353 e. The lowest BCUT2D eigenvalue weighted by Gasteiger charge is -2.27. The molecule has 0 bridgehead atoms. The van der Waals surface area contributed by atoms with E-state index >= 15 is 0 Å². The Kier molecular flexibility index (Phi) is 4.62. The van der Waals surface area contributed by atoms with Gasteiger partial charge in [0.2, 0.25) is 0 Å². The van der Waals surface area contributed by atoms with Gasteiger partial charge in [-0.05, 0) is 19.8 Å². The van der Waals surface area contributed by atoms with Gasteiger partial charge < -0.3 is 9.47 Å². The van der Waals surface area contributed by atoms with E-state index in [4.69, 9.17) is 9.47 Å². The first-order valence-corrected chi connectivity index (χ1v) is 5.10. The molecule has 0 aliphatic carbocycles. The smallest absolute Gasteiger partial charge is 0.155 e. The van der Waals surface area contributed by atoms with E-state index in [0.29, 0.717) is 6.10 Å². The van der Waals surface area contributed by atoms with Crippen LogP contribution < -0.4 is 0 Å². The van der Waals surface area contributed by atoms with Gasteiger partial charge in [-0.3, -0.25) is 0 Å². The van der Waals surface area contributed by atoms with Gasteiger partial charge in [0.1, 0.15) is 0 Å². The molecular formula is C10H20O2. The van der Waals surface area contributed by atoms with Crippen LogP contribution in [0.25, 0.3) is 0 Å². The number of rotatable bonds is 4. The van der Waals surface area contributed by atoms with Crippen molar-refractivity contribution in [3.05, 3.63) is 0 Å². The summed E-state index contributed by atoms with van der Waals surface area (Å²) in [7, 11) is 0. The average molecular weight is 172 g/mol. The van der Waals surface area contributed by atoms with E-state index in [1.807, 2.05) is 6.92 Å². The minimum absolute atomic E-state index is 0.0189. The molecule has 0 N–H and O–H groups in total. The highest BCUT2D eigenvalue weighted by Crippen LogP contribution is 2.17. The molecule has 0 aromatic rings. The number of hydrogen-bond acceptors (Lipinski definition) is 2. The third-order valence-corrected chi connectivity index (χ3v) is 2.31. The lowest BCUT2D eigenvalue weighted by Crippen LogP contribution is -2.30. The molecule has 2 atom stereocenters. The van der Waals surface area contributed by atoms with Crippen molar-refractivity contribution >= 4 is 0 Å². The quantitative estimate of drug-likeness (QED) is 0.607. The Morgan fingerprint density at radius 1 is 1.33 bits per heavy atom. The van der Waals surface area contributed by atoms with Crippen molar-refractivity contribution in [1.29, 1.82) is 0 Å². The molecule has 1 rings (SSSR count). The van der Waals surface area contributed by atoms with Gasteiger partial charge in [-0.25, -0.2) is 0 Å². The Bertz CT molecular complexity index is 114. The maximum Gasteiger partial charge on any atom is 0.155 e. The Morgan fingerprint density at radius 3 is 2.83 bits per heavy atom. The fraction of sp³-hybridized carbons (Fsp3) is 1.00. The molecule has 12 heavy (non-hydrogen) atoms. The van der Waals surface area contributed by atoms with E-state index < -0.39 is 0 Å². The zero-order valence-electron chi connectivity index (χ0n) is 8.21. The Morgan fingerprint density at radius 2 is 2.17 bits per heavy atom. The lowest BCUT2D eigenvalue weighted by atomic mass is 10.1. The number of hydrogen-bond donors (Lipinski definition) is 0. The Labute approximate surface area is 75.2 Å². The van der Waals surface area contributed by atoms with Gasteiger partial charge in [0.05, 0.1) is 12.7 Å². The molecule has 2 heteroatoms. The van der Waals surface area contributed by atoms with Crippen LogP contribution in [0, 0.1) is 0 Å². The molecule has 72 valence electrons. The van der Waals surface area contributed by atoms with Crippen LogP contribution in [0.2, 0.25) is 0 Å². The van der Waals surface area contributed by atoms with E-state index in [9.17, 15) is 0 Å². The summed E-state index contributed by atoms with van der Waals surface area (Å²) in [5, 5.41) is 0. The first-order chi connectivity index (χ1) is 5.83. The van der Waals surface area contributed by atoms with Crippen molar-refractivity contribution in [1.82, 2.24) is 0 Å². The highest BCUT2D eigenvalue weighted by Gasteiger charge is 2.18. The van der Waals surface area contributed by atoms with Gasteiger partial charge in [0.15, 0.2) is 6.29 Å². The summed E-state index contributed by atoms with van der Waals surface area (Å²) in [5.41, 5.74) is 0. The maximum atomic E-state index is 5.61. The van der Waals surface area contributed by atoms with E-state index in [2.05, 4.69) is 6.92 Å². The third-order valence-electron chi connectivity index (χ3n) is 2.31. The molecule has 1 fully saturated rings. The first kappa shape index (κ1) is 10.0. The molecule has 1 aliphatic heterocycles. The van der Waals surface area contributed by atoms with Crippen molar-refractivity contribution in [2.24, 2.45) is 0 Å². The van der Waals surface area contributed by atoms with Crippen LogP contribution in [0.1, 0.15) is 46.0 Å². The van der Waals surface area contributed by atoms with Gasteiger partial charge in [-0.15, -0.1) is 0 Å². The summed E-state index contributed by atoms with van der Waals surface area (Å²) in [6, 6.07) is 0. The van der Waals surface area contributed by atoms with Crippen LogP contribution in [-0.4, -0.2) is 19.0 Å². The molecule has 0 aromatic carbocycles. The topological polar surface area (TPSA) is 18.5 Å². The highest BCUT2D eigenvalue weighted by atomic mass is 16.7. The zero-order valence-corrected chi connectivity index (χ0v) is 8.21. The fourth-order valence-corrected chi connectivity index (χ4v) is 1.58. The third kappa shape index (κ3) is 3.55. The van der Waals surface area contributed by atoms with E-state index in [-0.39, 0.29) is 6.29 Å². The molecule has 0 radical (unpaired) electrons. The zero-order chi connectivity index (χ0) is 8.81. The average Bonchev–Trinajstić information content (AvgIpc) is 2.05. The normalized spacial score (nSPS) is 30.5. The van der Waals surface area contributed by atoms with Gasteiger partial charge in [0.25, 0.3) is 0 Å². The fourth-order valence-electron chi connectivity index (χ4n) is 1.58. The predicted molar refractivity (Wildman–Crippen MR) is 49.0 cm³/mol. The monoisotopic (exact) mass is 172 g/mol. The van der Waals surface area contributed by atoms with E-state index in [1.165, 1.54) is 25.7 Å². The molecule has 1 heterocycles. The van der Waals surface area contributed by atoms with Crippen molar-refractivity contribution in [3.8, 4) is 0 Å². The Hall–Kier alpha value is -0.0800. The second-order valence-corrected chi connectivity index (χ2v) is 3.48. The molecular weight excluding hydrogens is 152 g/mol. The van der Waals surface area contributed by atoms with Crippen LogP contribution >= 0.6 is 0 Å². The van der Waals surface area contributed by atoms with Crippen molar-refractivity contribution in [3.63, 3.8) is 0 Å². The van der Waals surface area contributed by atoms with Crippen LogP contribution in [0.3, 0.4) is 0 Å². The summed E-state index contributed by atoms with van der Waals surface area (Å²) in [6.07, 6.45) is 6.68. The summed E-state index contributed by atoms with van der Waals surface area (Å²) >= 11 is 0. The minimum Gasteiger partial charge on any atom is -0.353 e. The van der Waals surface area contributed by atoms with Crippen LogP contribution in [-0.2, 0) is 9.47 Å².